The van der Waals surface area contributed by atoms with Crippen LogP contribution in [-0.4, -0.2) is 13.7 Å². The van der Waals surface area contributed by atoms with E-state index in [9.17, 15) is 0 Å². The summed E-state index contributed by atoms with van der Waals surface area (Å²) in [5, 5.41) is 0. The maximum atomic E-state index is 5.82. The van der Waals surface area contributed by atoms with Gasteiger partial charge in [0.1, 0.15) is 5.75 Å². The third-order valence-corrected chi connectivity index (χ3v) is 4.02. The van der Waals surface area contributed by atoms with Crippen molar-refractivity contribution in [3.8, 4) is 5.75 Å². The number of benzene rings is 1. The highest BCUT2D eigenvalue weighted by Gasteiger charge is 1.96. The minimum absolute atomic E-state index is 0.813. The molecular formula is C21H34O2. The van der Waals surface area contributed by atoms with Crippen LogP contribution < -0.4 is 4.74 Å². The van der Waals surface area contributed by atoms with E-state index in [4.69, 9.17) is 9.47 Å². The number of rotatable bonds is 14. The SMILES string of the molecule is CCCCCCCCCCCCOc1cccc(C=COC)c1. The van der Waals surface area contributed by atoms with Gasteiger partial charge in [0.25, 0.3) is 0 Å². The molecule has 0 radical (unpaired) electrons. The van der Waals surface area contributed by atoms with E-state index in [1.807, 2.05) is 30.3 Å². The smallest absolute Gasteiger partial charge is 0.119 e. The third-order valence-electron chi connectivity index (χ3n) is 4.02. The molecule has 0 bridgehead atoms. The lowest BCUT2D eigenvalue weighted by atomic mass is 10.1. The molecule has 130 valence electrons. The quantitative estimate of drug-likeness (QED) is 0.284. The van der Waals surface area contributed by atoms with Crippen molar-refractivity contribution >= 4 is 6.08 Å². The molecule has 1 aromatic carbocycles. The summed E-state index contributed by atoms with van der Waals surface area (Å²) >= 11 is 0. The Balaban J connectivity index is 1.99. The van der Waals surface area contributed by atoms with Crippen LogP contribution in [0.5, 0.6) is 5.75 Å². The summed E-state index contributed by atoms with van der Waals surface area (Å²) in [4.78, 5) is 0. The average molecular weight is 319 g/mol. The number of hydrogen-bond acceptors (Lipinski definition) is 2. The Morgan fingerprint density at radius 3 is 2.17 bits per heavy atom. The fourth-order valence-corrected chi connectivity index (χ4v) is 2.63. The Morgan fingerprint density at radius 1 is 0.870 bits per heavy atom. The van der Waals surface area contributed by atoms with Gasteiger partial charge in [-0.15, -0.1) is 0 Å². The van der Waals surface area contributed by atoms with Crippen LogP contribution in [0.4, 0.5) is 0 Å². The molecule has 0 N–H and O–H groups in total. The molecule has 23 heavy (non-hydrogen) atoms. The number of unbranched alkanes of at least 4 members (excludes halogenated alkanes) is 9. The lowest BCUT2D eigenvalue weighted by Gasteiger charge is -2.07. The van der Waals surface area contributed by atoms with Crippen LogP contribution in [0.25, 0.3) is 6.08 Å². The average Bonchev–Trinajstić information content (AvgIpc) is 2.58. The van der Waals surface area contributed by atoms with E-state index < -0.39 is 0 Å². The predicted molar refractivity (Wildman–Crippen MR) is 99.8 cm³/mol. The van der Waals surface area contributed by atoms with Crippen molar-refractivity contribution in [1.82, 2.24) is 0 Å². The van der Waals surface area contributed by atoms with Gasteiger partial charge in [-0.1, -0.05) is 76.8 Å². The molecule has 1 rings (SSSR count). The Morgan fingerprint density at radius 2 is 1.52 bits per heavy atom. The molecule has 0 aliphatic rings. The largest absolute Gasteiger partial charge is 0.504 e. The van der Waals surface area contributed by atoms with E-state index in [1.165, 1.54) is 57.8 Å². The Kier molecular flexibility index (Phi) is 12.1. The van der Waals surface area contributed by atoms with Crippen LogP contribution in [0.3, 0.4) is 0 Å². The fraction of sp³-hybridized carbons (Fsp3) is 0.619. The molecule has 2 nitrogen and oxygen atoms in total. The molecule has 0 saturated heterocycles. The zero-order valence-electron chi connectivity index (χ0n) is 15.1. The maximum Gasteiger partial charge on any atom is 0.119 e. The highest BCUT2D eigenvalue weighted by molar-refractivity contribution is 5.50. The molecule has 0 amide bonds. The number of hydrogen-bond donors (Lipinski definition) is 0. The van der Waals surface area contributed by atoms with Crippen molar-refractivity contribution in [3.05, 3.63) is 36.1 Å². The highest BCUT2D eigenvalue weighted by Crippen LogP contribution is 2.15. The highest BCUT2D eigenvalue weighted by atomic mass is 16.5. The van der Waals surface area contributed by atoms with Gasteiger partial charge in [0, 0.05) is 0 Å². The summed E-state index contributed by atoms with van der Waals surface area (Å²) in [6.45, 7) is 3.09. The topological polar surface area (TPSA) is 18.5 Å². The second-order valence-corrected chi connectivity index (χ2v) is 6.14. The van der Waals surface area contributed by atoms with E-state index in [-0.39, 0.29) is 0 Å². The molecule has 0 aromatic heterocycles. The second kappa shape index (κ2) is 14.2. The molecule has 0 aliphatic heterocycles. The number of ether oxygens (including phenoxy) is 2. The molecule has 0 heterocycles. The van der Waals surface area contributed by atoms with Gasteiger partial charge >= 0.3 is 0 Å². The van der Waals surface area contributed by atoms with Gasteiger partial charge in [-0.25, -0.2) is 0 Å². The zero-order chi connectivity index (χ0) is 16.6. The van der Waals surface area contributed by atoms with Crippen LogP contribution in [0, 0.1) is 0 Å². The molecule has 0 aliphatic carbocycles. The molecule has 0 atom stereocenters. The summed E-state index contributed by atoms with van der Waals surface area (Å²) in [6.07, 6.45) is 17.2. The van der Waals surface area contributed by atoms with E-state index >= 15 is 0 Å². The molecule has 0 unspecified atom stereocenters. The molecular weight excluding hydrogens is 284 g/mol. The Labute approximate surface area is 142 Å². The van der Waals surface area contributed by atoms with Crippen molar-refractivity contribution < 1.29 is 9.47 Å². The lowest BCUT2D eigenvalue weighted by molar-refractivity contribution is 0.304. The van der Waals surface area contributed by atoms with Crippen molar-refractivity contribution in [2.45, 2.75) is 71.1 Å². The maximum absolute atomic E-state index is 5.82. The molecule has 2 heteroatoms. The van der Waals surface area contributed by atoms with Crippen LogP contribution in [-0.2, 0) is 4.74 Å². The lowest BCUT2D eigenvalue weighted by Crippen LogP contribution is -1.97. The Hall–Kier alpha value is -1.44. The van der Waals surface area contributed by atoms with E-state index in [1.54, 1.807) is 13.4 Å². The van der Waals surface area contributed by atoms with Crippen molar-refractivity contribution in [2.24, 2.45) is 0 Å². The van der Waals surface area contributed by atoms with Gasteiger partial charge in [-0.05, 0) is 30.2 Å². The normalized spacial score (nSPS) is 11.0. The van der Waals surface area contributed by atoms with Crippen LogP contribution in [0.15, 0.2) is 30.5 Å². The monoisotopic (exact) mass is 318 g/mol. The first-order valence-corrected chi connectivity index (χ1v) is 9.29. The summed E-state index contributed by atoms with van der Waals surface area (Å²) in [6, 6.07) is 8.12. The minimum Gasteiger partial charge on any atom is -0.504 e. The molecule has 0 fully saturated rings. The zero-order valence-corrected chi connectivity index (χ0v) is 15.1. The van der Waals surface area contributed by atoms with E-state index in [0.717, 1.165) is 24.3 Å². The van der Waals surface area contributed by atoms with Gasteiger partial charge < -0.3 is 9.47 Å². The first-order chi connectivity index (χ1) is 11.4. The van der Waals surface area contributed by atoms with Crippen molar-refractivity contribution in [3.63, 3.8) is 0 Å². The number of methoxy groups -OCH3 is 1. The summed E-state index contributed by atoms with van der Waals surface area (Å²) in [5.41, 5.74) is 1.10. The first kappa shape index (κ1) is 19.6. The van der Waals surface area contributed by atoms with Crippen molar-refractivity contribution in [2.75, 3.05) is 13.7 Å². The van der Waals surface area contributed by atoms with E-state index in [2.05, 4.69) is 6.92 Å². The Bertz CT molecular complexity index is 412. The van der Waals surface area contributed by atoms with Gasteiger partial charge in [-0.2, -0.15) is 0 Å². The fourth-order valence-electron chi connectivity index (χ4n) is 2.63. The van der Waals surface area contributed by atoms with Crippen LogP contribution in [0.2, 0.25) is 0 Å². The molecule has 0 saturated carbocycles. The van der Waals surface area contributed by atoms with E-state index in [0.29, 0.717) is 0 Å². The van der Waals surface area contributed by atoms with Crippen LogP contribution >= 0.6 is 0 Å². The van der Waals surface area contributed by atoms with Gasteiger partial charge in [-0.3, -0.25) is 0 Å². The molecule has 1 aromatic rings. The predicted octanol–water partition coefficient (Wildman–Crippen LogP) is 6.60. The standard InChI is InChI=1S/C21H34O2/c1-3-4-5-6-7-8-9-10-11-12-17-23-21-15-13-14-20(19-21)16-18-22-2/h13-16,18-19H,3-12,17H2,1-2H3. The second-order valence-electron chi connectivity index (χ2n) is 6.14. The van der Waals surface area contributed by atoms with Gasteiger partial charge in [0.2, 0.25) is 0 Å². The first-order valence-electron chi connectivity index (χ1n) is 9.29. The van der Waals surface area contributed by atoms with Gasteiger partial charge in [0.15, 0.2) is 0 Å². The van der Waals surface area contributed by atoms with Crippen LogP contribution in [0.1, 0.15) is 76.7 Å². The summed E-state index contributed by atoms with van der Waals surface area (Å²) in [5.74, 6) is 0.944. The summed E-state index contributed by atoms with van der Waals surface area (Å²) < 4.78 is 10.8. The third kappa shape index (κ3) is 10.8. The summed E-state index contributed by atoms with van der Waals surface area (Å²) in [7, 11) is 1.65. The van der Waals surface area contributed by atoms with Crippen molar-refractivity contribution in [1.29, 1.82) is 0 Å². The molecule has 0 spiro atoms. The van der Waals surface area contributed by atoms with Gasteiger partial charge in [0.05, 0.1) is 20.0 Å². The minimum atomic E-state index is 0.813.